The van der Waals surface area contributed by atoms with Crippen molar-refractivity contribution in [2.75, 3.05) is 6.61 Å². The molecule has 0 spiro atoms. The van der Waals surface area contributed by atoms with Gasteiger partial charge in [0.2, 0.25) is 0 Å². The van der Waals surface area contributed by atoms with E-state index < -0.39 is 6.04 Å². The van der Waals surface area contributed by atoms with Crippen molar-refractivity contribution in [1.29, 1.82) is 0 Å². The van der Waals surface area contributed by atoms with Gasteiger partial charge in [-0.1, -0.05) is 12.1 Å². The molecule has 1 rings (SSSR count). The van der Waals surface area contributed by atoms with Crippen LogP contribution in [-0.4, -0.2) is 18.6 Å². The van der Waals surface area contributed by atoms with Crippen molar-refractivity contribution in [2.45, 2.75) is 39.8 Å². The topological polar surface area (TPSA) is 38.3 Å². The van der Waals surface area contributed by atoms with E-state index in [9.17, 15) is 9.18 Å². The van der Waals surface area contributed by atoms with Crippen molar-refractivity contribution < 1.29 is 13.9 Å². The zero-order valence-electron chi connectivity index (χ0n) is 11.3. The summed E-state index contributed by atoms with van der Waals surface area (Å²) in [6.07, 6.45) is 0. The highest BCUT2D eigenvalue weighted by atomic mass is 19.1. The van der Waals surface area contributed by atoms with Gasteiger partial charge >= 0.3 is 5.97 Å². The third kappa shape index (κ3) is 3.81. The maximum absolute atomic E-state index is 13.4. The lowest BCUT2D eigenvalue weighted by atomic mass is 10.1. The lowest BCUT2D eigenvalue weighted by Gasteiger charge is -2.19. The first-order valence-corrected chi connectivity index (χ1v) is 6.14. The zero-order chi connectivity index (χ0) is 13.7. The summed E-state index contributed by atoms with van der Waals surface area (Å²) in [6, 6.07) is 4.56. The minimum Gasteiger partial charge on any atom is -0.465 e. The zero-order valence-corrected chi connectivity index (χ0v) is 11.3. The van der Waals surface area contributed by atoms with Gasteiger partial charge < -0.3 is 4.74 Å². The quantitative estimate of drug-likeness (QED) is 0.820. The molecule has 2 atom stereocenters. The molecule has 0 fully saturated rings. The maximum Gasteiger partial charge on any atom is 0.322 e. The Bertz CT molecular complexity index is 420. The number of ether oxygens (including phenoxy) is 1. The molecule has 1 N–H and O–H groups in total. The van der Waals surface area contributed by atoms with Crippen LogP contribution in [0.25, 0.3) is 0 Å². The summed E-state index contributed by atoms with van der Waals surface area (Å²) in [4.78, 5) is 11.5. The predicted molar refractivity (Wildman–Crippen MR) is 68.8 cm³/mol. The smallest absolute Gasteiger partial charge is 0.322 e. The molecule has 0 aliphatic heterocycles. The van der Waals surface area contributed by atoms with Gasteiger partial charge in [0, 0.05) is 6.04 Å². The second-order valence-corrected chi connectivity index (χ2v) is 4.37. The summed E-state index contributed by atoms with van der Waals surface area (Å²) >= 11 is 0. The van der Waals surface area contributed by atoms with Crippen LogP contribution in [0.4, 0.5) is 4.39 Å². The Kier molecular flexibility index (Phi) is 5.28. The lowest BCUT2D eigenvalue weighted by molar-refractivity contribution is -0.145. The fourth-order valence-corrected chi connectivity index (χ4v) is 1.68. The number of carbonyl (C=O) groups is 1. The van der Waals surface area contributed by atoms with Crippen molar-refractivity contribution in [1.82, 2.24) is 5.32 Å². The molecular weight excluding hydrogens is 233 g/mol. The minimum atomic E-state index is -0.413. The van der Waals surface area contributed by atoms with Gasteiger partial charge in [-0.3, -0.25) is 10.1 Å². The highest BCUT2D eigenvalue weighted by molar-refractivity contribution is 5.75. The molecule has 1 aromatic rings. The van der Waals surface area contributed by atoms with E-state index in [1.807, 2.05) is 13.0 Å². The predicted octanol–water partition coefficient (Wildman–Crippen LogP) is 2.74. The third-order valence-electron chi connectivity index (χ3n) is 2.84. The van der Waals surface area contributed by atoms with Gasteiger partial charge in [0.05, 0.1) is 6.61 Å². The van der Waals surface area contributed by atoms with Crippen LogP contribution < -0.4 is 5.32 Å². The van der Waals surface area contributed by atoms with Crippen molar-refractivity contribution in [3.8, 4) is 0 Å². The molecule has 100 valence electrons. The van der Waals surface area contributed by atoms with Crippen LogP contribution in [-0.2, 0) is 9.53 Å². The molecule has 0 saturated carbocycles. The molecular formula is C14H20FNO2. The van der Waals surface area contributed by atoms with Gasteiger partial charge in [0.15, 0.2) is 0 Å². The maximum atomic E-state index is 13.4. The molecule has 0 radical (unpaired) electrons. The largest absolute Gasteiger partial charge is 0.465 e. The van der Waals surface area contributed by atoms with E-state index in [4.69, 9.17) is 4.74 Å². The Morgan fingerprint density at radius 3 is 2.67 bits per heavy atom. The van der Waals surface area contributed by atoms with Crippen molar-refractivity contribution in [3.63, 3.8) is 0 Å². The van der Waals surface area contributed by atoms with E-state index >= 15 is 0 Å². The van der Waals surface area contributed by atoms with Crippen LogP contribution in [0, 0.1) is 12.7 Å². The summed E-state index contributed by atoms with van der Waals surface area (Å²) in [5.41, 5.74) is 1.43. The standard InChI is InChI=1S/C14H20FNO2/c1-5-18-14(17)11(4)16-10(3)12-7-6-9(2)13(15)8-12/h6-8,10-11,16H,5H2,1-4H3. The van der Waals surface area contributed by atoms with E-state index in [1.54, 1.807) is 26.8 Å². The molecule has 0 bridgehead atoms. The van der Waals surface area contributed by atoms with Gasteiger partial charge in [-0.25, -0.2) is 4.39 Å². The van der Waals surface area contributed by atoms with E-state index in [1.165, 1.54) is 6.07 Å². The molecule has 3 nitrogen and oxygen atoms in total. The molecule has 0 aliphatic carbocycles. The molecule has 1 aromatic carbocycles. The monoisotopic (exact) mass is 253 g/mol. The highest BCUT2D eigenvalue weighted by Gasteiger charge is 2.17. The number of halogens is 1. The average Bonchev–Trinajstić information content (AvgIpc) is 2.32. The Labute approximate surface area is 107 Å². The van der Waals surface area contributed by atoms with Crippen molar-refractivity contribution in [2.24, 2.45) is 0 Å². The number of benzene rings is 1. The second-order valence-electron chi connectivity index (χ2n) is 4.37. The van der Waals surface area contributed by atoms with Crippen LogP contribution in [0.15, 0.2) is 18.2 Å². The second kappa shape index (κ2) is 6.50. The summed E-state index contributed by atoms with van der Waals surface area (Å²) in [5, 5.41) is 3.09. The van der Waals surface area contributed by atoms with Gasteiger partial charge in [-0.15, -0.1) is 0 Å². The fourth-order valence-electron chi connectivity index (χ4n) is 1.68. The summed E-state index contributed by atoms with van der Waals surface area (Å²) in [5.74, 6) is -0.526. The minimum absolute atomic E-state index is 0.112. The van der Waals surface area contributed by atoms with Crippen molar-refractivity contribution in [3.05, 3.63) is 35.1 Å². The normalized spacial score (nSPS) is 14.1. The van der Waals surface area contributed by atoms with Crippen LogP contribution in [0.5, 0.6) is 0 Å². The van der Waals surface area contributed by atoms with Crippen LogP contribution in [0.3, 0.4) is 0 Å². The molecule has 0 aromatic heterocycles. The number of hydrogen-bond acceptors (Lipinski definition) is 3. The summed E-state index contributed by atoms with van der Waals surface area (Å²) in [6.45, 7) is 7.47. The molecule has 0 amide bonds. The van der Waals surface area contributed by atoms with Gasteiger partial charge in [-0.05, 0) is 44.9 Å². The Morgan fingerprint density at radius 2 is 2.11 bits per heavy atom. The van der Waals surface area contributed by atoms with Crippen LogP contribution in [0.2, 0.25) is 0 Å². The number of carbonyl (C=O) groups excluding carboxylic acids is 1. The van der Waals surface area contributed by atoms with E-state index in [-0.39, 0.29) is 17.8 Å². The molecule has 0 aliphatic rings. The number of aryl methyl sites for hydroxylation is 1. The molecule has 18 heavy (non-hydrogen) atoms. The molecule has 4 heteroatoms. The molecule has 2 unspecified atom stereocenters. The number of esters is 1. The molecule has 0 saturated heterocycles. The summed E-state index contributed by atoms with van der Waals surface area (Å²) < 4.78 is 18.3. The van der Waals surface area contributed by atoms with Gasteiger partial charge in [0.1, 0.15) is 11.9 Å². The van der Waals surface area contributed by atoms with Crippen molar-refractivity contribution >= 4 is 5.97 Å². The highest BCUT2D eigenvalue weighted by Crippen LogP contribution is 2.16. The van der Waals surface area contributed by atoms with Crippen LogP contribution in [0.1, 0.15) is 37.9 Å². The molecule has 0 heterocycles. The fraction of sp³-hybridized carbons (Fsp3) is 0.500. The van der Waals surface area contributed by atoms with Crippen LogP contribution >= 0.6 is 0 Å². The van der Waals surface area contributed by atoms with Gasteiger partial charge in [-0.2, -0.15) is 0 Å². The lowest BCUT2D eigenvalue weighted by Crippen LogP contribution is -2.37. The Hall–Kier alpha value is -1.42. The Morgan fingerprint density at radius 1 is 1.44 bits per heavy atom. The average molecular weight is 253 g/mol. The van der Waals surface area contributed by atoms with E-state index in [2.05, 4.69) is 5.32 Å². The number of nitrogens with one attached hydrogen (secondary N) is 1. The SMILES string of the molecule is CCOC(=O)C(C)NC(C)c1ccc(C)c(F)c1. The van der Waals surface area contributed by atoms with E-state index in [0.29, 0.717) is 12.2 Å². The first kappa shape index (κ1) is 14.6. The first-order valence-electron chi connectivity index (χ1n) is 6.14. The number of rotatable bonds is 5. The van der Waals surface area contributed by atoms with E-state index in [0.717, 1.165) is 5.56 Å². The first-order chi connectivity index (χ1) is 8.45. The Balaban J connectivity index is 2.67. The summed E-state index contributed by atoms with van der Waals surface area (Å²) in [7, 11) is 0. The van der Waals surface area contributed by atoms with Gasteiger partial charge in [0.25, 0.3) is 0 Å². The number of hydrogen-bond donors (Lipinski definition) is 1. The third-order valence-corrected chi connectivity index (χ3v) is 2.84.